The third-order valence-corrected chi connectivity index (χ3v) is 13.9. The highest BCUT2D eigenvalue weighted by Crippen LogP contribution is 2.63. The third-order valence-electron chi connectivity index (χ3n) is 11.6. The van der Waals surface area contributed by atoms with Crippen molar-refractivity contribution in [2.24, 2.45) is 5.92 Å². The topological polar surface area (TPSA) is 47.1 Å². The molecule has 4 aromatic heterocycles. The molecule has 248 valence electrons. The number of fused-ring (bicyclic) bond motifs is 13. The number of rotatable bonds is 2. The molecule has 52 heavy (non-hydrogen) atoms. The zero-order valence-electron chi connectivity index (χ0n) is 28.0. The van der Waals surface area contributed by atoms with Crippen LogP contribution in [0.3, 0.4) is 0 Å². The largest absolute Gasteiger partial charge is 0.461 e. The highest BCUT2D eigenvalue weighted by Gasteiger charge is 2.55. The summed E-state index contributed by atoms with van der Waals surface area (Å²) in [4.78, 5) is 8.00. The molecule has 2 unspecified atom stereocenters. The second kappa shape index (κ2) is 10.7. The van der Waals surface area contributed by atoms with E-state index in [0.717, 1.165) is 53.4 Å². The van der Waals surface area contributed by atoms with E-state index >= 15 is 0 Å². The van der Waals surface area contributed by atoms with Crippen LogP contribution in [-0.2, 0) is 5.41 Å². The van der Waals surface area contributed by atoms with Crippen molar-refractivity contribution in [1.29, 1.82) is 0 Å². The van der Waals surface area contributed by atoms with Gasteiger partial charge in [-0.1, -0.05) is 66.8 Å². The first-order valence-electron chi connectivity index (χ1n) is 17.9. The fraction of sp³-hybridized carbons (Fsp3) is 0.109. The van der Waals surface area contributed by atoms with Crippen LogP contribution in [0.25, 0.3) is 62.7 Å². The molecule has 2 aliphatic carbocycles. The molecule has 2 atom stereocenters. The number of nitrogens with one attached hydrogen (secondary N) is 1. The minimum atomic E-state index is -0.443. The maximum atomic E-state index is 6.98. The summed E-state index contributed by atoms with van der Waals surface area (Å²) in [6.07, 6.45) is 19.9. The normalized spacial score (nSPS) is 20.2. The summed E-state index contributed by atoms with van der Waals surface area (Å²) in [5, 5.41) is 3.72. The number of pyridine rings is 1. The van der Waals surface area contributed by atoms with E-state index in [2.05, 4.69) is 125 Å². The molecule has 12 rings (SSSR count). The number of aromatic amines is 1. The molecule has 0 radical (unpaired) electrons. The predicted molar refractivity (Wildman–Crippen MR) is 214 cm³/mol. The molecule has 0 bridgehead atoms. The minimum Gasteiger partial charge on any atom is -0.461 e. The number of nitrogens with zero attached hydrogens (tertiary/aromatic N) is 1. The smallest absolute Gasteiger partial charge is 0.132 e. The van der Waals surface area contributed by atoms with Crippen LogP contribution in [0.2, 0.25) is 0 Å². The molecule has 1 spiro atoms. The van der Waals surface area contributed by atoms with E-state index in [9.17, 15) is 0 Å². The molecule has 4 nitrogen and oxygen atoms in total. The van der Waals surface area contributed by atoms with E-state index in [0.29, 0.717) is 0 Å². The molecule has 8 aromatic rings. The first-order valence-corrected chi connectivity index (χ1v) is 19.6. The molecule has 0 saturated heterocycles. The Morgan fingerprint density at radius 2 is 1.52 bits per heavy atom. The van der Waals surface area contributed by atoms with Crippen molar-refractivity contribution >= 4 is 63.1 Å². The van der Waals surface area contributed by atoms with Crippen LogP contribution in [0.4, 0.5) is 0 Å². The number of aromatic nitrogens is 2. The van der Waals surface area contributed by atoms with Gasteiger partial charge in [0.25, 0.3) is 0 Å². The Balaban J connectivity index is 1.10. The zero-order valence-corrected chi connectivity index (χ0v) is 29.6. The number of thiophene rings is 2. The molecule has 0 amide bonds. The van der Waals surface area contributed by atoms with Gasteiger partial charge in [-0.3, -0.25) is 4.98 Å². The average molecular weight is 707 g/mol. The monoisotopic (exact) mass is 706 g/mol. The van der Waals surface area contributed by atoms with Crippen molar-refractivity contribution in [3.63, 3.8) is 0 Å². The van der Waals surface area contributed by atoms with Gasteiger partial charge in [0.15, 0.2) is 0 Å². The second-order valence-electron chi connectivity index (χ2n) is 14.2. The van der Waals surface area contributed by atoms with Gasteiger partial charge in [0, 0.05) is 65.9 Å². The Labute approximate surface area is 307 Å². The van der Waals surface area contributed by atoms with Crippen LogP contribution in [0, 0.1) is 5.92 Å². The summed E-state index contributed by atoms with van der Waals surface area (Å²) in [7, 11) is 0. The number of allylic oxidation sites excluding steroid dienone is 7. The van der Waals surface area contributed by atoms with Crippen LogP contribution in [-0.4, -0.2) is 9.97 Å². The molecule has 2 aliphatic heterocycles. The van der Waals surface area contributed by atoms with Crippen LogP contribution >= 0.6 is 22.7 Å². The number of hydrogen-bond acceptors (Lipinski definition) is 5. The summed E-state index contributed by atoms with van der Waals surface area (Å²) in [6, 6.07) is 31.5. The molecule has 0 saturated carbocycles. The lowest BCUT2D eigenvalue weighted by Gasteiger charge is -2.51. The van der Waals surface area contributed by atoms with Crippen molar-refractivity contribution in [2.45, 2.75) is 24.7 Å². The van der Waals surface area contributed by atoms with Crippen molar-refractivity contribution in [3.8, 4) is 33.8 Å². The molecule has 4 aliphatic rings. The second-order valence-corrected chi connectivity index (χ2v) is 16.3. The minimum absolute atomic E-state index is 0.107. The van der Waals surface area contributed by atoms with Gasteiger partial charge in [-0.25, -0.2) is 0 Å². The van der Waals surface area contributed by atoms with Gasteiger partial charge in [-0.05, 0) is 95.6 Å². The van der Waals surface area contributed by atoms with E-state index in [1.165, 1.54) is 68.3 Å². The van der Waals surface area contributed by atoms with E-state index in [4.69, 9.17) is 9.47 Å². The lowest BCUT2D eigenvalue weighted by Crippen LogP contribution is -2.47. The van der Waals surface area contributed by atoms with Gasteiger partial charge in [-0.15, -0.1) is 22.7 Å². The Kier molecular flexibility index (Phi) is 5.94. The lowest BCUT2D eigenvalue weighted by molar-refractivity contribution is 0.225. The fourth-order valence-corrected chi connectivity index (χ4v) is 11.7. The Morgan fingerprint density at radius 3 is 2.37 bits per heavy atom. The zero-order chi connectivity index (χ0) is 34.0. The maximum Gasteiger partial charge on any atom is 0.132 e. The highest BCUT2D eigenvalue weighted by atomic mass is 32.1. The summed E-state index contributed by atoms with van der Waals surface area (Å²) < 4.78 is 19.0. The first kappa shape index (κ1) is 28.9. The van der Waals surface area contributed by atoms with Gasteiger partial charge >= 0.3 is 0 Å². The summed E-state index contributed by atoms with van der Waals surface area (Å²) in [5.41, 5.74) is 9.26. The van der Waals surface area contributed by atoms with E-state index in [-0.39, 0.29) is 5.92 Å². The average Bonchev–Trinajstić information content (AvgIpc) is 3.91. The predicted octanol–water partition coefficient (Wildman–Crippen LogP) is 12.6. The molecule has 6 heterocycles. The summed E-state index contributed by atoms with van der Waals surface area (Å²) in [5.74, 6) is 3.94. The van der Waals surface area contributed by atoms with Crippen molar-refractivity contribution < 1.29 is 9.47 Å². The van der Waals surface area contributed by atoms with Gasteiger partial charge in [0.1, 0.15) is 23.0 Å². The first-order chi connectivity index (χ1) is 25.8. The van der Waals surface area contributed by atoms with Crippen LogP contribution in [0.1, 0.15) is 30.4 Å². The van der Waals surface area contributed by atoms with Crippen LogP contribution in [0.15, 0.2) is 151 Å². The Hall–Kier alpha value is -5.69. The van der Waals surface area contributed by atoms with Gasteiger partial charge in [-0.2, -0.15) is 0 Å². The van der Waals surface area contributed by atoms with E-state index in [1.807, 2.05) is 41.3 Å². The van der Waals surface area contributed by atoms with Crippen molar-refractivity contribution in [1.82, 2.24) is 9.97 Å². The standard InChI is InChI=1S/C46H30N2O2S2/c1-3-11-35-31(9-1)46(33-17-15-26(23-37(33)49-35)28-7-5-13-40-43(28)30-25-47-21-19-39(30)51-40)32-10-2-4-12-36(32)50-38-24-27(16-18-34(38)46)29-8-6-14-41-44(29)45-42(52-41)20-22-48-45/h2-8,11-25,32,48H,1,9-10H2. The molecule has 0 fully saturated rings. The van der Waals surface area contributed by atoms with Crippen molar-refractivity contribution in [3.05, 3.63) is 162 Å². The summed E-state index contributed by atoms with van der Waals surface area (Å²) in [6.45, 7) is 0. The third kappa shape index (κ3) is 3.83. The number of benzene rings is 4. The van der Waals surface area contributed by atoms with Crippen LogP contribution in [0.5, 0.6) is 11.5 Å². The quantitative estimate of drug-likeness (QED) is 0.195. The Bertz CT molecular complexity index is 2970. The van der Waals surface area contributed by atoms with Crippen LogP contribution < -0.4 is 9.47 Å². The summed E-state index contributed by atoms with van der Waals surface area (Å²) >= 11 is 3.66. The lowest BCUT2D eigenvalue weighted by atomic mass is 9.55. The highest BCUT2D eigenvalue weighted by molar-refractivity contribution is 7.26. The number of H-pyrrole nitrogens is 1. The maximum absolute atomic E-state index is 6.98. The SMILES string of the molecule is C1=CCC2C(=C1)Oc1cc(-c3cccc4sc5cc[nH]c5c34)ccc1C21C2=C(C=CCC2)Oc2cc(-c3cccc4sc5ccncc5c34)ccc21. The molecule has 1 N–H and O–H groups in total. The Morgan fingerprint density at radius 1 is 0.750 bits per heavy atom. The molecular formula is C46H30N2O2S2. The fourth-order valence-electron chi connectivity index (χ4n) is 9.52. The van der Waals surface area contributed by atoms with Gasteiger partial charge < -0.3 is 14.5 Å². The van der Waals surface area contributed by atoms with Crippen molar-refractivity contribution in [2.75, 3.05) is 0 Å². The molecule has 6 heteroatoms. The van der Waals surface area contributed by atoms with E-state index < -0.39 is 5.41 Å². The van der Waals surface area contributed by atoms with E-state index in [1.54, 1.807) is 0 Å². The van der Waals surface area contributed by atoms with Gasteiger partial charge in [0.2, 0.25) is 0 Å². The number of hydrogen-bond donors (Lipinski definition) is 1. The molecule has 4 aromatic carbocycles. The number of ether oxygens (including phenoxy) is 2. The molecular weight excluding hydrogens is 677 g/mol. The van der Waals surface area contributed by atoms with Gasteiger partial charge in [0.05, 0.1) is 15.6 Å².